The van der Waals surface area contributed by atoms with Gasteiger partial charge in [0.25, 0.3) is 0 Å². The fourth-order valence-corrected chi connectivity index (χ4v) is 3.35. The summed E-state index contributed by atoms with van der Waals surface area (Å²) in [4.78, 5) is 11.4. The maximum absolute atomic E-state index is 11.4. The molecule has 1 aromatic carbocycles. The van der Waals surface area contributed by atoms with Crippen LogP contribution in [0.2, 0.25) is 0 Å². The second-order valence-corrected chi connectivity index (χ2v) is 9.66. The van der Waals surface area contributed by atoms with Crippen molar-refractivity contribution in [3.05, 3.63) is 60.2 Å². The molecule has 0 saturated carbocycles. The minimum absolute atomic E-state index is 0.0501. The van der Waals surface area contributed by atoms with Gasteiger partial charge in [-0.25, -0.2) is 0 Å². The molecule has 0 spiro atoms. The molecule has 1 aromatic rings. The molecule has 3 nitrogen and oxygen atoms in total. The van der Waals surface area contributed by atoms with Crippen LogP contribution < -0.4 is 4.74 Å². The largest absolute Gasteiger partial charge is 0.488 e. The second kappa shape index (κ2) is 9.96. The molecule has 0 amide bonds. The Bertz CT molecular complexity index is 747. The predicted octanol–water partition coefficient (Wildman–Crippen LogP) is 7.30. The first kappa shape index (κ1) is 24.7. The lowest BCUT2D eigenvalue weighted by Gasteiger charge is -2.32. The normalized spacial score (nSPS) is 14.3. The highest BCUT2D eigenvalue weighted by Crippen LogP contribution is 2.32. The first-order chi connectivity index (χ1) is 13.3. The number of ether oxygens (including phenoxy) is 1. The van der Waals surface area contributed by atoms with Crippen LogP contribution in [0.25, 0.3) is 6.08 Å². The van der Waals surface area contributed by atoms with E-state index in [1.54, 1.807) is 13.8 Å². The summed E-state index contributed by atoms with van der Waals surface area (Å²) in [6.45, 7) is 17.7. The molecule has 0 heterocycles. The van der Waals surface area contributed by atoms with Crippen LogP contribution in [0.1, 0.15) is 73.3 Å². The molecule has 29 heavy (non-hydrogen) atoms. The van der Waals surface area contributed by atoms with Gasteiger partial charge in [0.15, 0.2) is 0 Å². The Morgan fingerprint density at radius 1 is 1.10 bits per heavy atom. The predicted molar refractivity (Wildman–Crippen MR) is 123 cm³/mol. The van der Waals surface area contributed by atoms with E-state index in [2.05, 4.69) is 45.6 Å². The number of carbonyl (C=O) groups is 1. The summed E-state index contributed by atoms with van der Waals surface area (Å²) in [6.07, 6.45) is 11.1. The van der Waals surface area contributed by atoms with Gasteiger partial charge < -0.3 is 9.84 Å². The van der Waals surface area contributed by atoms with Crippen LogP contribution in [0.4, 0.5) is 0 Å². The van der Waals surface area contributed by atoms with Gasteiger partial charge in [-0.05, 0) is 72.1 Å². The van der Waals surface area contributed by atoms with Gasteiger partial charge in [-0.2, -0.15) is 0 Å². The molecule has 0 bridgehead atoms. The summed E-state index contributed by atoms with van der Waals surface area (Å²) in [5, 5.41) is 9.36. The lowest BCUT2D eigenvalue weighted by Crippen LogP contribution is -2.38. The molecule has 3 heteroatoms. The van der Waals surface area contributed by atoms with Crippen molar-refractivity contribution in [2.24, 2.45) is 10.8 Å². The minimum Gasteiger partial charge on any atom is -0.488 e. The monoisotopic (exact) mass is 398 g/mol. The summed E-state index contributed by atoms with van der Waals surface area (Å²) in [5.74, 6) is -0.0760. The molecular formula is C26H38O3. The highest BCUT2D eigenvalue weighted by atomic mass is 16.5. The molecule has 0 aliphatic carbocycles. The number of hydrogen-bond acceptors (Lipinski definition) is 2. The van der Waals surface area contributed by atoms with Gasteiger partial charge in [0, 0.05) is 11.8 Å². The van der Waals surface area contributed by atoms with E-state index in [-0.39, 0.29) is 5.41 Å². The highest BCUT2D eigenvalue weighted by Gasteiger charge is 2.36. The first-order valence-corrected chi connectivity index (χ1v) is 10.3. The van der Waals surface area contributed by atoms with Crippen LogP contribution in [0.5, 0.6) is 5.75 Å². The van der Waals surface area contributed by atoms with Crippen molar-refractivity contribution in [3.63, 3.8) is 0 Å². The number of rotatable bonds is 11. The summed E-state index contributed by atoms with van der Waals surface area (Å²) in [5.41, 5.74) is 0.964. The average molecular weight is 399 g/mol. The van der Waals surface area contributed by atoms with Crippen molar-refractivity contribution in [1.29, 1.82) is 0 Å². The number of hydrogen-bond donors (Lipinski definition) is 1. The van der Waals surface area contributed by atoms with E-state index in [1.807, 2.05) is 44.2 Å². The van der Waals surface area contributed by atoms with Gasteiger partial charge in [-0.1, -0.05) is 48.9 Å². The van der Waals surface area contributed by atoms with Crippen LogP contribution in [0.15, 0.2) is 54.6 Å². The lowest BCUT2D eigenvalue weighted by molar-refractivity contribution is -0.149. The average Bonchev–Trinajstić information content (AvgIpc) is 2.59. The number of carboxylic acids is 1. The van der Waals surface area contributed by atoms with Crippen molar-refractivity contribution >= 4 is 12.0 Å². The van der Waals surface area contributed by atoms with E-state index in [0.29, 0.717) is 6.42 Å². The van der Waals surface area contributed by atoms with E-state index in [1.165, 1.54) is 5.57 Å². The third-order valence-corrected chi connectivity index (χ3v) is 5.08. The van der Waals surface area contributed by atoms with Crippen molar-refractivity contribution in [2.75, 3.05) is 0 Å². The number of carboxylic acid groups (broad SMARTS) is 1. The zero-order chi connectivity index (χ0) is 22.3. The van der Waals surface area contributed by atoms with Crippen molar-refractivity contribution < 1.29 is 14.6 Å². The standard InChI is InChI=1S/C26H38O3/c1-9-26(8,17-10-11-20(2)3)18-16-21-12-14-22(15-13-21)29-25(6,7)19-24(4,5)23(27)28/h9,11-16,18H,1,10,17,19H2,2-8H3,(H,27,28)/b18-16+. The molecule has 0 saturated heterocycles. The SMILES string of the molecule is C=CC(C)(/C=C/c1ccc(OC(C)(C)CC(C)(C)C(=O)O)cc1)CCC=C(C)C. The Kier molecular flexibility index (Phi) is 8.50. The van der Waals surface area contributed by atoms with E-state index in [9.17, 15) is 9.90 Å². The van der Waals surface area contributed by atoms with Crippen LogP contribution >= 0.6 is 0 Å². The maximum Gasteiger partial charge on any atom is 0.309 e. The molecule has 160 valence electrons. The fourth-order valence-electron chi connectivity index (χ4n) is 3.35. The quantitative estimate of drug-likeness (QED) is 0.398. The summed E-state index contributed by atoms with van der Waals surface area (Å²) < 4.78 is 6.07. The molecule has 1 atom stereocenters. The minimum atomic E-state index is -0.840. The highest BCUT2D eigenvalue weighted by molar-refractivity contribution is 5.73. The van der Waals surface area contributed by atoms with Crippen molar-refractivity contribution in [1.82, 2.24) is 0 Å². The Labute approximate surface area is 177 Å². The third-order valence-electron chi connectivity index (χ3n) is 5.08. The first-order valence-electron chi connectivity index (χ1n) is 10.3. The van der Waals surface area contributed by atoms with Crippen LogP contribution in [-0.4, -0.2) is 16.7 Å². The molecule has 0 aromatic heterocycles. The zero-order valence-electron chi connectivity index (χ0n) is 19.2. The molecule has 0 aliphatic rings. The Morgan fingerprint density at radius 2 is 1.69 bits per heavy atom. The van der Waals surface area contributed by atoms with E-state index < -0.39 is 17.0 Å². The van der Waals surface area contributed by atoms with Gasteiger partial charge in [-0.3, -0.25) is 4.79 Å². The number of aliphatic carboxylic acids is 1. The molecule has 1 unspecified atom stereocenters. The topological polar surface area (TPSA) is 46.5 Å². The Hall–Kier alpha value is -2.29. The van der Waals surface area contributed by atoms with Crippen LogP contribution in [0.3, 0.4) is 0 Å². The smallest absolute Gasteiger partial charge is 0.309 e. The summed E-state index contributed by atoms with van der Waals surface area (Å²) in [6, 6.07) is 7.90. The Morgan fingerprint density at radius 3 is 2.17 bits per heavy atom. The van der Waals surface area contributed by atoms with Gasteiger partial charge in [0.2, 0.25) is 0 Å². The van der Waals surface area contributed by atoms with Crippen LogP contribution in [-0.2, 0) is 4.79 Å². The van der Waals surface area contributed by atoms with Crippen molar-refractivity contribution in [3.8, 4) is 5.75 Å². The number of benzene rings is 1. The molecule has 1 rings (SSSR count). The van der Waals surface area contributed by atoms with E-state index in [4.69, 9.17) is 4.74 Å². The molecular weight excluding hydrogens is 360 g/mol. The van der Waals surface area contributed by atoms with Crippen LogP contribution in [0, 0.1) is 10.8 Å². The zero-order valence-corrected chi connectivity index (χ0v) is 19.2. The third kappa shape index (κ3) is 8.72. The van der Waals surface area contributed by atoms with E-state index >= 15 is 0 Å². The van der Waals surface area contributed by atoms with Gasteiger partial charge in [0.1, 0.15) is 11.4 Å². The van der Waals surface area contributed by atoms with Gasteiger partial charge in [0.05, 0.1) is 5.41 Å². The number of allylic oxidation sites excluding steroid dienone is 4. The Balaban J connectivity index is 2.80. The molecule has 0 fully saturated rings. The fraction of sp³-hybridized carbons (Fsp3) is 0.500. The second-order valence-electron chi connectivity index (χ2n) is 9.66. The molecule has 0 radical (unpaired) electrons. The van der Waals surface area contributed by atoms with Crippen molar-refractivity contribution in [2.45, 2.75) is 73.3 Å². The summed E-state index contributed by atoms with van der Waals surface area (Å²) >= 11 is 0. The van der Waals surface area contributed by atoms with Gasteiger partial charge >= 0.3 is 5.97 Å². The molecule has 1 N–H and O–H groups in total. The molecule has 0 aliphatic heterocycles. The lowest BCUT2D eigenvalue weighted by atomic mass is 9.82. The van der Waals surface area contributed by atoms with E-state index in [0.717, 1.165) is 24.2 Å². The maximum atomic E-state index is 11.4. The summed E-state index contributed by atoms with van der Waals surface area (Å²) in [7, 11) is 0. The van der Waals surface area contributed by atoms with Gasteiger partial charge in [-0.15, -0.1) is 6.58 Å².